The molecule has 0 aliphatic rings. The lowest BCUT2D eigenvalue weighted by molar-refractivity contribution is 0.499. The van der Waals surface area contributed by atoms with Crippen LogP contribution in [0.5, 0.6) is 0 Å². The lowest BCUT2D eigenvalue weighted by Gasteiger charge is -2.19. The van der Waals surface area contributed by atoms with E-state index in [1.165, 1.54) is 16.3 Å². The van der Waals surface area contributed by atoms with Gasteiger partial charge in [-0.3, -0.25) is 4.79 Å². The molecule has 0 bridgehead atoms. The molecule has 0 saturated carbocycles. The summed E-state index contributed by atoms with van der Waals surface area (Å²) < 4.78 is 2.03. The van der Waals surface area contributed by atoms with Gasteiger partial charge in [-0.05, 0) is 29.4 Å². The topological polar surface area (TPSA) is 34.0 Å². The number of rotatable bonds is 4. The van der Waals surface area contributed by atoms with E-state index in [2.05, 4.69) is 47.8 Å². The minimum atomic E-state index is 0.0398. The van der Waals surface area contributed by atoms with Crippen LogP contribution in [0.25, 0.3) is 10.8 Å². The third-order valence-electron chi connectivity index (χ3n) is 3.78. The maximum Gasteiger partial charge on any atom is 0.181 e. The Kier molecular flexibility index (Phi) is 3.84. The first-order valence-electron chi connectivity index (χ1n) is 7.08. The number of aromatic nitrogens is 1. The molecular formula is C18H18N2O. The Morgan fingerprint density at radius 2 is 1.71 bits per heavy atom. The van der Waals surface area contributed by atoms with Crippen LogP contribution in [0.4, 0.5) is 0 Å². The molecule has 3 nitrogen and oxygen atoms in total. The molecule has 1 heterocycles. The Morgan fingerprint density at radius 1 is 1.00 bits per heavy atom. The van der Waals surface area contributed by atoms with E-state index in [-0.39, 0.29) is 11.5 Å². The highest BCUT2D eigenvalue weighted by atomic mass is 16.1. The maximum absolute atomic E-state index is 11.2. The van der Waals surface area contributed by atoms with Gasteiger partial charge < -0.3 is 9.88 Å². The standard InChI is InChI=1S/C18H18N2O/c1-19-18(13-20-10-8-17(21)9-11-20)16-7-6-14-4-2-3-5-15(14)12-16/h2-12,18-19H,13H2,1H3. The van der Waals surface area contributed by atoms with Gasteiger partial charge in [0.2, 0.25) is 0 Å². The third kappa shape index (κ3) is 3.03. The van der Waals surface area contributed by atoms with Crippen molar-refractivity contribution in [3.8, 4) is 0 Å². The van der Waals surface area contributed by atoms with Gasteiger partial charge in [-0.1, -0.05) is 36.4 Å². The normalized spacial score (nSPS) is 12.4. The van der Waals surface area contributed by atoms with Crippen molar-refractivity contribution in [3.63, 3.8) is 0 Å². The van der Waals surface area contributed by atoms with E-state index in [0.29, 0.717) is 0 Å². The van der Waals surface area contributed by atoms with E-state index in [9.17, 15) is 4.79 Å². The van der Waals surface area contributed by atoms with Crippen LogP contribution in [-0.4, -0.2) is 11.6 Å². The molecule has 0 radical (unpaired) electrons. The van der Waals surface area contributed by atoms with Crippen LogP contribution >= 0.6 is 0 Å². The summed E-state index contributed by atoms with van der Waals surface area (Å²) in [6, 6.07) is 18.3. The fourth-order valence-electron chi connectivity index (χ4n) is 2.56. The molecule has 3 heteroatoms. The van der Waals surface area contributed by atoms with Crippen LogP contribution in [0.15, 0.2) is 71.8 Å². The molecule has 0 aliphatic carbocycles. The monoisotopic (exact) mass is 278 g/mol. The quantitative estimate of drug-likeness (QED) is 0.796. The lowest BCUT2D eigenvalue weighted by atomic mass is 10.0. The first-order valence-corrected chi connectivity index (χ1v) is 7.08. The molecular weight excluding hydrogens is 260 g/mol. The Bertz CT molecular complexity index is 787. The summed E-state index contributed by atoms with van der Waals surface area (Å²) in [5, 5.41) is 5.84. The Balaban J connectivity index is 1.90. The second kappa shape index (κ2) is 5.94. The molecule has 21 heavy (non-hydrogen) atoms. The van der Waals surface area contributed by atoms with Crippen molar-refractivity contribution in [2.24, 2.45) is 0 Å². The molecule has 3 rings (SSSR count). The number of likely N-dealkylation sites (N-methyl/N-ethyl adjacent to an activating group) is 1. The van der Waals surface area contributed by atoms with Crippen LogP contribution in [0, 0.1) is 0 Å². The first kappa shape index (κ1) is 13.6. The number of hydrogen-bond donors (Lipinski definition) is 1. The molecule has 106 valence electrons. The fraction of sp³-hybridized carbons (Fsp3) is 0.167. The molecule has 1 aromatic heterocycles. The minimum absolute atomic E-state index is 0.0398. The predicted octanol–water partition coefficient (Wildman–Crippen LogP) is 2.96. The maximum atomic E-state index is 11.2. The summed E-state index contributed by atoms with van der Waals surface area (Å²) in [6.07, 6.45) is 3.65. The summed E-state index contributed by atoms with van der Waals surface area (Å²) in [5.74, 6) is 0. The first-order chi connectivity index (χ1) is 10.3. The molecule has 1 atom stereocenters. The summed E-state index contributed by atoms with van der Waals surface area (Å²) in [4.78, 5) is 11.2. The van der Waals surface area contributed by atoms with E-state index in [1.807, 2.05) is 24.0 Å². The number of hydrogen-bond acceptors (Lipinski definition) is 2. The van der Waals surface area contributed by atoms with Crippen LogP contribution in [-0.2, 0) is 6.54 Å². The van der Waals surface area contributed by atoms with Gasteiger partial charge in [-0.2, -0.15) is 0 Å². The Hall–Kier alpha value is -2.39. The van der Waals surface area contributed by atoms with Crippen molar-refractivity contribution in [1.29, 1.82) is 0 Å². The van der Waals surface area contributed by atoms with Gasteiger partial charge in [0, 0.05) is 37.1 Å². The molecule has 2 aromatic carbocycles. The molecule has 3 aromatic rings. The van der Waals surface area contributed by atoms with Gasteiger partial charge in [-0.15, -0.1) is 0 Å². The summed E-state index contributed by atoms with van der Waals surface area (Å²) in [5.41, 5.74) is 1.29. The number of fused-ring (bicyclic) bond motifs is 1. The van der Waals surface area contributed by atoms with Gasteiger partial charge in [0.05, 0.1) is 0 Å². The van der Waals surface area contributed by atoms with Gasteiger partial charge >= 0.3 is 0 Å². The van der Waals surface area contributed by atoms with E-state index in [0.717, 1.165) is 6.54 Å². The van der Waals surface area contributed by atoms with Gasteiger partial charge in [0.15, 0.2) is 5.43 Å². The molecule has 1 N–H and O–H groups in total. The van der Waals surface area contributed by atoms with Crippen molar-refractivity contribution in [2.75, 3.05) is 7.05 Å². The highest BCUT2D eigenvalue weighted by Crippen LogP contribution is 2.21. The third-order valence-corrected chi connectivity index (χ3v) is 3.78. The van der Waals surface area contributed by atoms with Crippen molar-refractivity contribution in [1.82, 2.24) is 9.88 Å². The average Bonchev–Trinajstić information content (AvgIpc) is 2.54. The van der Waals surface area contributed by atoms with Crippen LogP contribution in [0.1, 0.15) is 11.6 Å². The minimum Gasteiger partial charge on any atom is -0.352 e. The molecule has 0 amide bonds. The van der Waals surface area contributed by atoms with Gasteiger partial charge in [-0.25, -0.2) is 0 Å². The molecule has 0 fully saturated rings. The molecule has 0 saturated heterocycles. The van der Waals surface area contributed by atoms with E-state index < -0.39 is 0 Å². The summed E-state index contributed by atoms with van der Waals surface area (Å²) in [7, 11) is 1.96. The SMILES string of the molecule is CNC(Cn1ccc(=O)cc1)c1ccc2ccccc2c1. The zero-order valence-electron chi connectivity index (χ0n) is 12.0. The predicted molar refractivity (Wildman–Crippen MR) is 86.5 cm³/mol. The average molecular weight is 278 g/mol. The zero-order valence-corrected chi connectivity index (χ0v) is 12.0. The number of pyridine rings is 1. The number of nitrogens with one attached hydrogen (secondary N) is 1. The van der Waals surface area contributed by atoms with Crippen molar-refractivity contribution in [2.45, 2.75) is 12.6 Å². The van der Waals surface area contributed by atoms with Crippen LogP contribution in [0.2, 0.25) is 0 Å². The van der Waals surface area contributed by atoms with E-state index in [1.54, 1.807) is 12.1 Å². The highest BCUT2D eigenvalue weighted by molar-refractivity contribution is 5.83. The number of nitrogens with zero attached hydrogens (tertiary/aromatic N) is 1. The van der Waals surface area contributed by atoms with Crippen LogP contribution < -0.4 is 10.7 Å². The van der Waals surface area contributed by atoms with E-state index >= 15 is 0 Å². The van der Waals surface area contributed by atoms with Gasteiger partial charge in [0.25, 0.3) is 0 Å². The highest BCUT2D eigenvalue weighted by Gasteiger charge is 2.09. The molecule has 0 aliphatic heterocycles. The molecule has 1 unspecified atom stereocenters. The van der Waals surface area contributed by atoms with Gasteiger partial charge in [0.1, 0.15) is 0 Å². The van der Waals surface area contributed by atoms with Crippen molar-refractivity contribution in [3.05, 3.63) is 82.8 Å². The summed E-state index contributed by atoms with van der Waals surface area (Å²) in [6.45, 7) is 0.787. The largest absolute Gasteiger partial charge is 0.352 e. The second-order valence-electron chi connectivity index (χ2n) is 5.18. The van der Waals surface area contributed by atoms with Crippen LogP contribution in [0.3, 0.4) is 0 Å². The number of benzene rings is 2. The fourth-order valence-corrected chi connectivity index (χ4v) is 2.56. The summed E-state index contributed by atoms with van der Waals surface area (Å²) >= 11 is 0. The van der Waals surface area contributed by atoms with Crippen molar-refractivity contribution < 1.29 is 0 Å². The Morgan fingerprint density at radius 3 is 2.43 bits per heavy atom. The van der Waals surface area contributed by atoms with Crippen molar-refractivity contribution >= 4 is 10.8 Å². The Labute approximate surface area is 123 Å². The second-order valence-corrected chi connectivity index (χ2v) is 5.18. The lowest BCUT2D eigenvalue weighted by Crippen LogP contribution is -2.22. The smallest absolute Gasteiger partial charge is 0.181 e. The zero-order chi connectivity index (χ0) is 14.7. The van der Waals surface area contributed by atoms with E-state index in [4.69, 9.17) is 0 Å². The molecule has 0 spiro atoms.